The molecule has 0 aromatic heterocycles. The summed E-state index contributed by atoms with van der Waals surface area (Å²) in [6.07, 6.45) is 2.56. The first kappa shape index (κ1) is 29.1. The minimum atomic E-state index is -4.08. The predicted molar refractivity (Wildman–Crippen MR) is 155 cm³/mol. The van der Waals surface area contributed by atoms with Crippen molar-refractivity contribution in [3.05, 3.63) is 131 Å². The Morgan fingerprint density at radius 3 is 1.68 bits per heavy atom. The summed E-state index contributed by atoms with van der Waals surface area (Å²) < 4.78 is 37.7. The van der Waals surface area contributed by atoms with Crippen LogP contribution in [0.2, 0.25) is 0 Å². The standard InChI is InChI=1S/C32H34NO6P/c33-32(34)19-11-10-12-26-20-21-30(31(22-26)36-23-27-13-4-1-5-14-27)39-40(35,37-24-28-15-6-2-7-16-28)38-25-29-17-8-3-9-18-29/h1-9,13-18,20-22H,10-12,19,23-25H2,(H2,33,34). The van der Waals surface area contributed by atoms with Crippen molar-refractivity contribution in [2.75, 3.05) is 0 Å². The van der Waals surface area contributed by atoms with Crippen LogP contribution in [-0.2, 0) is 44.6 Å². The lowest BCUT2D eigenvalue weighted by molar-refractivity contribution is -0.118. The number of phosphoric ester groups is 1. The van der Waals surface area contributed by atoms with E-state index >= 15 is 0 Å². The van der Waals surface area contributed by atoms with Crippen molar-refractivity contribution in [1.82, 2.24) is 0 Å². The first-order valence-corrected chi connectivity index (χ1v) is 14.7. The Bertz CT molecular complexity index is 1340. The smallest absolute Gasteiger partial charge is 0.485 e. The highest BCUT2D eigenvalue weighted by atomic mass is 31.2. The highest BCUT2D eigenvalue weighted by Gasteiger charge is 2.30. The quantitative estimate of drug-likeness (QED) is 0.114. The van der Waals surface area contributed by atoms with Gasteiger partial charge in [0.25, 0.3) is 0 Å². The molecule has 40 heavy (non-hydrogen) atoms. The molecule has 2 N–H and O–H groups in total. The summed E-state index contributed by atoms with van der Waals surface area (Å²) >= 11 is 0. The molecule has 0 saturated carbocycles. The zero-order chi connectivity index (χ0) is 28.0. The second-order valence-corrected chi connectivity index (χ2v) is 10.9. The molecule has 0 heterocycles. The van der Waals surface area contributed by atoms with Crippen molar-refractivity contribution >= 4 is 13.7 Å². The molecule has 0 aliphatic heterocycles. The van der Waals surface area contributed by atoms with Crippen LogP contribution >= 0.6 is 7.82 Å². The molecule has 0 aliphatic carbocycles. The molecule has 0 spiro atoms. The highest BCUT2D eigenvalue weighted by Crippen LogP contribution is 2.53. The van der Waals surface area contributed by atoms with Crippen LogP contribution in [0, 0.1) is 0 Å². The second kappa shape index (κ2) is 15.0. The Morgan fingerprint density at radius 2 is 1.15 bits per heavy atom. The van der Waals surface area contributed by atoms with Crippen LogP contribution in [0.1, 0.15) is 41.5 Å². The number of ether oxygens (including phenoxy) is 1. The molecule has 0 unspecified atom stereocenters. The molecule has 208 valence electrons. The molecule has 8 heteroatoms. The molecule has 4 rings (SSSR count). The average molecular weight is 560 g/mol. The van der Waals surface area contributed by atoms with Gasteiger partial charge in [0.2, 0.25) is 5.91 Å². The fourth-order valence-corrected chi connectivity index (χ4v) is 5.11. The molecule has 7 nitrogen and oxygen atoms in total. The molecule has 0 aliphatic rings. The molecular weight excluding hydrogens is 525 g/mol. The maximum absolute atomic E-state index is 13.9. The summed E-state index contributed by atoms with van der Waals surface area (Å²) in [6, 6.07) is 34.0. The monoisotopic (exact) mass is 559 g/mol. The molecule has 4 aromatic rings. The van der Waals surface area contributed by atoms with Gasteiger partial charge in [0, 0.05) is 6.42 Å². The number of phosphoric acid groups is 1. The summed E-state index contributed by atoms with van der Waals surface area (Å²) in [5.41, 5.74) is 8.90. The average Bonchev–Trinajstić information content (AvgIpc) is 2.99. The first-order chi connectivity index (χ1) is 19.5. The maximum atomic E-state index is 13.9. The molecular formula is C32H34NO6P. The van der Waals surface area contributed by atoms with Crippen molar-refractivity contribution in [3.63, 3.8) is 0 Å². The van der Waals surface area contributed by atoms with Crippen molar-refractivity contribution in [2.45, 2.75) is 45.5 Å². The molecule has 1 amide bonds. The molecule has 0 atom stereocenters. The Kier molecular flexibility index (Phi) is 10.9. The van der Waals surface area contributed by atoms with Crippen molar-refractivity contribution in [1.29, 1.82) is 0 Å². The number of amides is 1. The summed E-state index contributed by atoms with van der Waals surface area (Å²) in [5, 5.41) is 0. The van der Waals surface area contributed by atoms with Gasteiger partial charge in [0.05, 0.1) is 13.2 Å². The number of hydrogen-bond donors (Lipinski definition) is 1. The fourth-order valence-electron chi connectivity index (χ4n) is 3.93. The molecule has 0 radical (unpaired) electrons. The van der Waals surface area contributed by atoms with Gasteiger partial charge in [-0.3, -0.25) is 13.8 Å². The van der Waals surface area contributed by atoms with Gasteiger partial charge in [-0.25, -0.2) is 4.57 Å². The highest BCUT2D eigenvalue weighted by molar-refractivity contribution is 7.48. The summed E-state index contributed by atoms with van der Waals surface area (Å²) in [7, 11) is -4.08. The maximum Gasteiger partial charge on any atom is 0.530 e. The number of benzene rings is 4. The van der Waals surface area contributed by atoms with Gasteiger partial charge < -0.3 is 15.0 Å². The fraction of sp³-hybridized carbons (Fsp3) is 0.219. The van der Waals surface area contributed by atoms with Crippen molar-refractivity contribution in [3.8, 4) is 11.5 Å². The van der Waals surface area contributed by atoms with E-state index in [1.54, 1.807) is 6.07 Å². The van der Waals surface area contributed by atoms with Gasteiger partial charge in [-0.15, -0.1) is 0 Å². The largest absolute Gasteiger partial charge is 0.530 e. The number of hydrogen-bond acceptors (Lipinski definition) is 6. The van der Waals surface area contributed by atoms with E-state index in [9.17, 15) is 9.36 Å². The first-order valence-electron chi connectivity index (χ1n) is 13.2. The van der Waals surface area contributed by atoms with E-state index in [0.717, 1.165) is 35.1 Å². The molecule has 0 bridgehead atoms. The molecule has 0 fully saturated rings. The van der Waals surface area contributed by atoms with Crippen molar-refractivity contribution in [2.24, 2.45) is 5.73 Å². The third-order valence-corrected chi connectivity index (χ3v) is 7.37. The lowest BCUT2D eigenvalue weighted by Gasteiger charge is -2.21. The number of unbranched alkanes of at least 4 members (excludes halogenated alkanes) is 1. The van der Waals surface area contributed by atoms with Crippen LogP contribution in [0.15, 0.2) is 109 Å². The lowest BCUT2D eigenvalue weighted by atomic mass is 10.1. The van der Waals surface area contributed by atoms with Crippen molar-refractivity contribution < 1.29 is 27.7 Å². The van der Waals surface area contributed by atoms with Crippen LogP contribution in [-0.4, -0.2) is 5.91 Å². The molecule has 0 saturated heterocycles. The number of aryl methyl sites for hydroxylation is 1. The second-order valence-electron chi connectivity index (χ2n) is 9.29. The normalized spacial score (nSPS) is 11.2. The van der Waals surface area contributed by atoms with Crippen LogP contribution in [0.4, 0.5) is 0 Å². The molecule has 4 aromatic carbocycles. The van der Waals surface area contributed by atoms with Crippen LogP contribution in [0.5, 0.6) is 11.5 Å². The van der Waals surface area contributed by atoms with Gasteiger partial charge in [-0.05, 0) is 53.6 Å². The number of carbonyl (C=O) groups is 1. The number of carbonyl (C=O) groups excluding carboxylic acids is 1. The predicted octanol–water partition coefficient (Wildman–Crippen LogP) is 7.38. The minimum absolute atomic E-state index is 0.0467. The van der Waals surface area contributed by atoms with Crippen LogP contribution in [0.25, 0.3) is 0 Å². The third kappa shape index (κ3) is 9.69. The van der Waals surface area contributed by atoms with Gasteiger partial charge in [0.1, 0.15) is 6.61 Å². The summed E-state index contributed by atoms with van der Waals surface area (Å²) in [5.74, 6) is 0.363. The van der Waals surface area contributed by atoms with E-state index in [-0.39, 0.29) is 24.9 Å². The third-order valence-electron chi connectivity index (χ3n) is 6.06. The van der Waals surface area contributed by atoms with E-state index in [2.05, 4.69) is 0 Å². The van der Waals surface area contributed by atoms with E-state index in [1.165, 1.54) is 0 Å². The van der Waals surface area contributed by atoms with Crippen LogP contribution in [0.3, 0.4) is 0 Å². The van der Waals surface area contributed by atoms with E-state index in [1.807, 2.05) is 103 Å². The zero-order valence-electron chi connectivity index (χ0n) is 22.3. The topological polar surface area (TPSA) is 97.1 Å². The Labute approximate surface area is 235 Å². The van der Waals surface area contributed by atoms with Crippen LogP contribution < -0.4 is 15.0 Å². The van der Waals surface area contributed by atoms with Gasteiger partial charge in [-0.2, -0.15) is 0 Å². The minimum Gasteiger partial charge on any atom is -0.485 e. The van der Waals surface area contributed by atoms with E-state index in [0.29, 0.717) is 25.2 Å². The summed E-state index contributed by atoms with van der Waals surface area (Å²) in [6.45, 7) is 0.387. The van der Waals surface area contributed by atoms with Gasteiger partial charge in [-0.1, -0.05) is 97.1 Å². The van der Waals surface area contributed by atoms with E-state index < -0.39 is 7.82 Å². The Balaban J connectivity index is 1.55. The number of primary amides is 1. The zero-order valence-corrected chi connectivity index (χ0v) is 23.2. The Morgan fingerprint density at radius 1 is 0.625 bits per heavy atom. The number of rotatable bonds is 16. The van der Waals surface area contributed by atoms with Gasteiger partial charge >= 0.3 is 7.82 Å². The van der Waals surface area contributed by atoms with E-state index in [4.69, 9.17) is 24.0 Å². The number of nitrogens with two attached hydrogens (primary N) is 1. The Hall–Kier alpha value is -3.90. The summed E-state index contributed by atoms with van der Waals surface area (Å²) in [4.78, 5) is 11.1. The lowest BCUT2D eigenvalue weighted by Crippen LogP contribution is -2.09. The SMILES string of the molecule is NC(=O)CCCCc1ccc(OP(=O)(OCc2ccccc2)OCc2ccccc2)c(OCc2ccccc2)c1. The van der Waals surface area contributed by atoms with Gasteiger partial charge in [0.15, 0.2) is 11.5 Å².